The summed E-state index contributed by atoms with van der Waals surface area (Å²) in [5.74, 6) is 0. The van der Waals surface area contributed by atoms with Crippen LogP contribution in [0.3, 0.4) is 0 Å². The molecule has 0 unspecified atom stereocenters. The van der Waals surface area contributed by atoms with Crippen LogP contribution in [0.25, 0.3) is 0 Å². The van der Waals surface area contributed by atoms with Crippen LogP contribution in [0, 0.1) is 0 Å². The molecule has 19 valence electrons. The van der Waals surface area contributed by atoms with E-state index < -0.39 is 0 Å². The Morgan fingerprint density at radius 1 is 1.00 bits per heavy atom. The normalized spacial score (nSPS) is 0. The minimum Gasteiger partial charge on any atom is -2.00 e. The second kappa shape index (κ2) is 18.4. The monoisotopic (exact) mass is 163 g/mol. The molecule has 4 heavy (non-hydrogen) atoms. The number of rotatable bonds is 0. The summed E-state index contributed by atoms with van der Waals surface area (Å²) in [7, 11) is 0. The standard InChI is InChI=1S/Ca.Fe.O.V/q2*+2;-2;. The maximum atomic E-state index is 0. The first-order valence-corrected chi connectivity index (χ1v) is 0. The Morgan fingerprint density at radius 2 is 1.00 bits per heavy atom. The third-order valence-corrected chi connectivity index (χ3v) is 0. The SMILES string of the molecule is [Ca+2].[Fe+2].[O-2].[V]. The van der Waals surface area contributed by atoms with Crippen LogP contribution in [0.5, 0.6) is 0 Å². The van der Waals surface area contributed by atoms with E-state index in [2.05, 4.69) is 0 Å². The first kappa shape index (κ1) is 33.2. The van der Waals surface area contributed by atoms with Gasteiger partial charge in [0.05, 0.1) is 0 Å². The summed E-state index contributed by atoms with van der Waals surface area (Å²) in [5, 5.41) is 0. The topological polar surface area (TPSA) is 28.5 Å². The minimum atomic E-state index is 0. The summed E-state index contributed by atoms with van der Waals surface area (Å²) in [4.78, 5) is 0. The fourth-order valence-corrected chi connectivity index (χ4v) is 0. The van der Waals surface area contributed by atoms with Crippen molar-refractivity contribution in [3.05, 3.63) is 0 Å². The summed E-state index contributed by atoms with van der Waals surface area (Å²) in [5.41, 5.74) is 0. The first-order valence-electron chi connectivity index (χ1n) is 0. The molecular weight excluding hydrogens is 163 g/mol. The Labute approximate surface area is 77.6 Å². The van der Waals surface area contributed by atoms with Gasteiger partial charge in [-0.1, -0.05) is 0 Å². The van der Waals surface area contributed by atoms with Crippen molar-refractivity contribution in [1.82, 2.24) is 0 Å². The summed E-state index contributed by atoms with van der Waals surface area (Å²) < 4.78 is 0. The minimum absolute atomic E-state index is 0. The van der Waals surface area contributed by atoms with Gasteiger partial charge in [0.1, 0.15) is 0 Å². The van der Waals surface area contributed by atoms with E-state index in [1.807, 2.05) is 0 Å². The van der Waals surface area contributed by atoms with Crippen LogP contribution in [0.4, 0.5) is 0 Å². The van der Waals surface area contributed by atoms with Gasteiger partial charge in [-0.15, -0.1) is 0 Å². The third kappa shape index (κ3) is 8.85. The van der Waals surface area contributed by atoms with Gasteiger partial charge in [-0.2, -0.15) is 0 Å². The molecule has 0 atom stereocenters. The van der Waals surface area contributed by atoms with Crippen LogP contribution in [0.2, 0.25) is 0 Å². The van der Waals surface area contributed by atoms with Crippen molar-refractivity contribution in [2.24, 2.45) is 0 Å². The van der Waals surface area contributed by atoms with Crippen LogP contribution in [-0.4, -0.2) is 37.7 Å². The Hall–Kier alpha value is 2.32. The molecule has 0 spiro atoms. The molecule has 0 amide bonds. The molecule has 0 heterocycles. The van der Waals surface area contributed by atoms with Crippen LogP contribution >= 0.6 is 0 Å². The molecule has 0 rings (SSSR count). The van der Waals surface area contributed by atoms with Crippen molar-refractivity contribution < 1.29 is 41.1 Å². The smallest absolute Gasteiger partial charge is 2.00 e. The molecule has 0 aliphatic carbocycles. The van der Waals surface area contributed by atoms with Crippen molar-refractivity contribution in [3.63, 3.8) is 0 Å². The van der Waals surface area contributed by atoms with E-state index in [1.54, 1.807) is 0 Å². The Kier molecular flexibility index (Phi) is 153. The van der Waals surface area contributed by atoms with E-state index in [4.69, 9.17) is 0 Å². The molecule has 0 N–H and O–H groups in total. The average molecular weight is 163 g/mol. The zero-order valence-electron chi connectivity index (χ0n) is 1.92. The van der Waals surface area contributed by atoms with Crippen molar-refractivity contribution in [2.45, 2.75) is 0 Å². The molecule has 0 aliphatic heterocycles. The third-order valence-electron chi connectivity index (χ3n) is 0. The van der Waals surface area contributed by atoms with Gasteiger partial charge in [0.2, 0.25) is 0 Å². The van der Waals surface area contributed by atoms with Gasteiger partial charge in [0.25, 0.3) is 0 Å². The Morgan fingerprint density at radius 3 is 1.00 bits per heavy atom. The van der Waals surface area contributed by atoms with Crippen molar-refractivity contribution >= 4 is 37.7 Å². The molecule has 0 saturated carbocycles. The van der Waals surface area contributed by atoms with Gasteiger partial charge < -0.3 is 5.48 Å². The van der Waals surface area contributed by atoms with Crippen molar-refractivity contribution in [1.29, 1.82) is 0 Å². The fraction of sp³-hybridized carbons (Fsp3) is 0. The van der Waals surface area contributed by atoms with Gasteiger partial charge >= 0.3 is 54.8 Å². The van der Waals surface area contributed by atoms with E-state index in [0.29, 0.717) is 0 Å². The maximum Gasteiger partial charge on any atom is 2.00 e. The molecule has 0 aliphatic rings. The van der Waals surface area contributed by atoms with E-state index in [9.17, 15) is 0 Å². The summed E-state index contributed by atoms with van der Waals surface area (Å²) in [6.45, 7) is 0. The largest absolute Gasteiger partial charge is 2.00 e. The molecule has 0 aromatic rings. The fourth-order valence-electron chi connectivity index (χ4n) is 0. The van der Waals surface area contributed by atoms with E-state index in [-0.39, 0.29) is 78.8 Å². The predicted octanol–water partition coefficient (Wildman–Crippen LogP) is -0.505. The van der Waals surface area contributed by atoms with Crippen LogP contribution < -0.4 is 0 Å². The van der Waals surface area contributed by atoms with E-state index >= 15 is 0 Å². The molecule has 0 aromatic heterocycles. The summed E-state index contributed by atoms with van der Waals surface area (Å²) in [6, 6.07) is 0. The van der Waals surface area contributed by atoms with E-state index in [0.717, 1.165) is 0 Å². The zero-order chi connectivity index (χ0) is 0. The average Bonchev–Trinajstić information content (AvgIpc) is 0. The number of hydrogen-bond donors (Lipinski definition) is 0. The second-order valence-electron chi connectivity index (χ2n) is 0. The van der Waals surface area contributed by atoms with Crippen molar-refractivity contribution in [2.75, 3.05) is 0 Å². The Balaban J connectivity index is 0. The Bertz CT molecular complexity index is 8.00. The number of hydrogen-bond acceptors (Lipinski definition) is 0. The quantitative estimate of drug-likeness (QED) is 0.430. The van der Waals surface area contributed by atoms with Gasteiger partial charge in [0, 0.05) is 18.6 Å². The molecule has 0 aromatic carbocycles. The van der Waals surface area contributed by atoms with E-state index in [1.165, 1.54) is 0 Å². The molecule has 0 fully saturated rings. The first-order chi connectivity index (χ1) is 0. The van der Waals surface area contributed by atoms with Crippen molar-refractivity contribution in [3.8, 4) is 0 Å². The van der Waals surface area contributed by atoms with Crippen LogP contribution in [0.1, 0.15) is 0 Å². The van der Waals surface area contributed by atoms with Gasteiger partial charge in [0.15, 0.2) is 0 Å². The summed E-state index contributed by atoms with van der Waals surface area (Å²) >= 11 is 0. The molecule has 1 nitrogen and oxygen atoms in total. The van der Waals surface area contributed by atoms with Gasteiger partial charge in [-0.05, 0) is 0 Å². The molecular formula is CaFeOV+2. The summed E-state index contributed by atoms with van der Waals surface area (Å²) in [6.07, 6.45) is 0. The van der Waals surface area contributed by atoms with Crippen LogP contribution in [-0.2, 0) is 41.1 Å². The van der Waals surface area contributed by atoms with Crippen LogP contribution in [0.15, 0.2) is 0 Å². The zero-order valence-corrected chi connectivity index (χ0v) is 6.63. The van der Waals surface area contributed by atoms with Gasteiger partial charge in [-0.3, -0.25) is 0 Å². The van der Waals surface area contributed by atoms with Gasteiger partial charge in [-0.25, -0.2) is 0 Å². The molecule has 0 saturated heterocycles. The predicted molar refractivity (Wildman–Crippen MR) is 6.44 cm³/mol. The molecule has 4 heteroatoms. The molecule has 0 bridgehead atoms. The second-order valence-corrected chi connectivity index (χ2v) is 0. The molecule has 1 radical (unpaired) electrons. The maximum absolute atomic E-state index is 0.